The van der Waals surface area contributed by atoms with E-state index in [1.165, 1.54) is 7.11 Å². The second-order valence-electron chi connectivity index (χ2n) is 12.6. The van der Waals surface area contributed by atoms with Gasteiger partial charge >= 0.3 is 11.9 Å². The molecule has 1 aromatic heterocycles. The topological polar surface area (TPSA) is 133 Å². The molecule has 236 valence electrons. The minimum atomic E-state index is -0.994. The van der Waals surface area contributed by atoms with Crippen LogP contribution in [0, 0.1) is 31.1 Å². The van der Waals surface area contributed by atoms with Crippen LogP contribution in [0.2, 0.25) is 0 Å². The number of H-pyrrole nitrogens is 1. The lowest BCUT2D eigenvalue weighted by Crippen LogP contribution is -2.42. The molecule has 4 aliphatic heterocycles. The highest BCUT2D eigenvalue weighted by atomic mass is 16.5. The number of aliphatic imine (C=N–C) groups is 2. The van der Waals surface area contributed by atoms with Gasteiger partial charge in [0.2, 0.25) is 0 Å². The van der Waals surface area contributed by atoms with Gasteiger partial charge in [0, 0.05) is 39.9 Å². The molecule has 4 atom stereocenters. The second kappa shape index (κ2) is 11.4. The van der Waals surface area contributed by atoms with Crippen LogP contribution in [0.25, 0.3) is 12.2 Å². The number of esters is 1. The van der Waals surface area contributed by atoms with Gasteiger partial charge < -0.3 is 20.1 Å². The minimum absolute atomic E-state index is 0.0311. The number of rotatable bonds is 6. The molecule has 0 radical (unpaired) electrons. The van der Waals surface area contributed by atoms with E-state index in [2.05, 4.69) is 36.0 Å². The Morgan fingerprint density at radius 1 is 1.09 bits per heavy atom. The Bertz CT molecular complexity index is 2010. The maximum atomic E-state index is 13.3. The molecule has 9 heteroatoms. The number of methoxy groups -OCH3 is 1. The zero-order valence-electron chi connectivity index (χ0n) is 26.9. The first-order valence-electron chi connectivity index (χ1n) is 15.4. The van der Waals surface area contributed by atoms with Crippen LogP contribution >= 0.6 is 0 Å². The first-order valence-corrected chi connectivity index (χ1v) is 15.4. The number of nitrogens with one attached hydrogen (secondary N) is 2. The summed E-state index contributed by atoms with van der Waals surface area (Å²) in [7, 11) is 1.33. The number of hydrogen-bond donors (Lipinski definition) is 3. The number of aliphatic carboxylic acids is 1. The molecule has 0 saturated heterocycles. The van der Waals surface area contributed by atoms with Gasteiger partial charge in [0.1, 0.15) is 12.2 Å². The maximum Gasteiger partial charge on any atom is 0.314 e. The van der Waals surface area contributed by atoms with Crippen LogP contribution < -0.4 is 16.0 Å². The standard InChI is InChI=1S/C37H38N4O5/c1-8-23-20(4)28-15-32-25-11-9-22(17-42)35(36(45)46-7)37(25,6)33(41-32)16-29-19(3)18(2)26(38-29)13-31-24(10-12-34(43)44)21(5)27(40-31)14-30(23)39-28/h8-9,11,13-17,21,27,35,38,40H,1,10,12H2,2-7H3,(H,43,44)/b26-13-,29-16?,30-14-,32-15?/t21?,27?,35-,37+/m0/s1. The quantitative estimate of drug-likeness (QED) is 0.327. The Kier molecular flexibility index (Phi) is 7.66. The molecule has 9 nitrogen and oxygen atoms in total. The fourth-order valence-electron chi connectivity index (χ4n) is 7.29. The Labute approximate surface area is 267 Å². The van der Waals surface area contributed by atoms with Crippen LogP contribution in [0.1, 0.15) is 44.7 Å². The summed E-state index contributed by atoms with van der Waals surface area (Å²) in [4.78, 5) is 50.9. The fourth-order valence-corrected chi connectivity index (χ4v) is 7.29. The smallest absolute Gasteiger partial charge is 0.314 e. The molecule has 1 aliphatic carbocycles. The molecule has 0 aromatic carbocycles. The van der Waals surface area contributed by atoms with Gasteiger partial charge in [-0.1, -0.05) is 31.7 Å². The van der Waals surface area contributed by atoms with Crippen LogP contribution in [-0.4, -0.2) is 52.9 Å². The molecule has 6 rings (SSSR count). The van der Waals surface area contributed by atoms with Gasteiger partial charge in [-0.2, -0.15) is 0 Å². The zero-order valence-corrected chi connectivity index (χ0v) is 26.9. The summed E-state index contributed by atoms with van der Waals surface area (Å²) in [5, 5.41) is 14.9. The number of carboxylic acids is 1. The van der Waals surface area contributed by atoms with Crippen molar-refractivity contribution >= 4 is 41.8 Å². The van der Waals surface area contributed by atoms with Crippen LogP contribution in [-0.2, 0) is 19.1 Å². The van der Waals surface area contributed by atoms with Crippen LogP contribution in [0.5, 0.6) is 0 Å². The van der Waals surface area contributed by atoms with E-state index in [4.69, 9.17) is 14.7 Å². The lowest BCUT2D eigenvalue weighted by atomic mass is 9.63. The van der Waals surface area contributed by atoms with Gasteiger partial charge in [-0.15, -0.1) is 0 Å². The summed E-state index contributed by atoms with van der Waals surface area (Å²) in [6.45, 7) is 14.2. The molecule has 3 N–H and O–H groups in total. The maximum absolute atomic E-state index is 13.3. The average Bonchev–Trinajstić information content (AvgIpc) is 3.67. The first kappa shape index (κ1) is 31.0. The number of aldehydes is 1. The van der Waals surface area contributed by atoms with E-state index in [0.717, 1.165) is 61.2 Å². The third kappa shape index (κ3) is 4.73. The van der Waals surface area contributed by atoms with E-state index in [1.807, 2.05) is 45.9 Å². The number of carbonyl (C=O) groups excluding carboxylic acids is 2. The van der Waals surface area contributed by atoms with Crippen molar-refractivity contribution in [2.75, 3.05) is 7.11 Å². The van der Waals surface area contributed by atoms with E-state index in [1.54, 1.807) is 12.2 Å². The summed E-state index contributed by atoms with van der Waals surface area (Å²) in [5.74, 6) is -2.22. The highest BCUT2D eigenvalue weighted by Gasteiger charge is 2.53. The molecule has 0 amide bonds. The SMILES string of the molecule is C=CC1=C(C)C2=N/C1=C\C1NC(=C(CCC(=O)O)C1C)/C=c1\[nH]c(c(C)c1C)=CC1=NC(=C2)C2=CC=C(C=O)[C@@H](C(=O)OC)[C@]21C. The lowest BCUT2D eigenvalue weighted by molar-refractivity contribution is -0.146. The van der Waals surface area contributed by atoms with E-state index >= 15 is 0 Å². The molecular weight excluding hydrogens is 580 g/mol. The number of aromatic amines is 1. The molecular formula is C37H38N4O5. The fraction of sp³-hybridized carbons (Fsp3) is 0.324. The normalized spacial score (nSPS) is 28.2. The number of carboxylic acid groups (broad SMARTS) is 1. The van der Waals surface area contributed by atoms with Crippen molar-refractivity contribution in [1.82, 2.24) is 10.3 Å². The summed E-state index contributed by atoms with van der Waals surface area (Å²) >= 11 is 0. The van der Waals surface area contributed by atoms with E-state index in [9.17, 15) is 19.5 Å². The number of allylic oxidation sites excluding steroid dienone is 7. The predicted molar refractivity (Wildman–Crippen MR) is 178 cm³/mol. The summed E-state index contributed by atoms with van der Waals surface area (Å²) in [5.41, 5.74) is 8.70. The van der Waals surface area contributed by atoms with E-state index in [-0.39, 0.29) is 18.4 Å². The molecule has 5 aliphatic rings. The Morgan fingerprint density at radius 2 is 1.80 bits per heavy atom. The highest BCUT2D eigenvalue weighted by molar-refractivity contribution is 6.21. The molecule has 0 fully saturated rings. The minimum Gasteiger partial charge on any atom is -0.481 e. The third-order valence-electron chi connectivity index (χ3n) is 10.2. The number of aromatic nitrogens is 1. The number of ether oxygens (including phenoxy) is 1. The molecule has 0 spiro atoms. The van der Waals surface area contributed by atoms with Gasteiger partial charge in [-0.25, -0.2) is 4.99 Å². The average molecular weight is 619 g/mol. The molecule has 1 aromatic rings. The van der Waals surface area contributed by atoms with Gasteiger partial charge in [-0.3, -0.25) is 19.4 Å². The van der Waals surface area contributed by atoms with Crippen molar-refractivity contribution in [2.24, 2.45) is 27.2 Å². The largest absolute Gasteiger partial charge is 0.481 e. The molecule has 2 unspecified atom stereocenters. The van der Waals surface area contributed by atoms with E-state index < -0.39 is 23.3 Å². The second-order valence-corrected chi connectivity index (χ2v) is 12.6. The van der Waals surface area contributed by atoms with Gasteiger partial charge in [0.05, 0.1) is 41.4 Å². The summed E-state index contributed by atoms with van der Waals surface area (Å²) < 4.78 is 5.24. The van der Waals surface area contributed by atoms with Crippen LogP contribution in [0.3, 0.4) is 0 Å². The Morgan fingerprint density at radius 3 is 2.46 bits per heavy atom. The number of carbonyl (C=O) groups is 3. The van der Waals surface area contributed by atoms with Crippen LogP contribution in [0.4, 0.5) is 0 Å². The lowest BCUT2D eigenvalue weighted by Gasteiger charge is -2.36. The molecule has 5 heterocycles. The van der Waals surface area contributed by atoms with Crippen molar-refractivity contribution in [3.63, 3.8) is 0 Å². The van der Waals surface area contributed by atoms with Crippen molar-refractivity contribution in [3.05, 3.63) is 104 Å². The van der Waals surface area contributed by atoms with Crippen molar-refractivity contribution in [1.29, 1.82) is 0 Å². The number of fused-ring (bicyclic) bond motifs is 9. The number of hydrogen-bond acceptors (Lipinski definition) is 7. The van der Waals surface area contributed by atoms with Crippen molar-refractivity contribution in [3.8, 4) is 0 Å². The third-order valence-corrected chi connectivity index (χ3v) is 10.2. The summed E-state index contributed by atoms with van der Waals surface area (Å²) in [6, 6.07) is -0.119. The molecule has 46 heavy (non-hydrogen) atoms. The molecule has 8 bridgehead atoms. The van der Waals surface area contributed by atoms with Gasteiger partial charge in [0.25, 0.3) is 0 Å². The first-order chi connectivity index (χ1) is 21.9. The Balaban J connectivity index is 1.67. The van der Waals surface area contributed by atoms with Crippen LogP contribution in [0.15, 0.2) is 91.9 Å². The Hall–Kier alpha value is -5.05. The van der Waals surface area contributed by atoms with E-state index in [0.29, 0.717) is 29.7 Å². The van der Waals surface area contributed by atoms with Crippen molar-refractivity contribution in [2.45, 2.75) is 53.5 Å². The van der Waals surface area contributed by atoms with Gasteiger partial charge in [0.15, 0.2) is 0 Å². The van der Waals surface area contributed by atoms with Crippen molar-refractivity contribution < 1.29 is 24.2 Å². The number of nitrogens with zero attached hydrogens (tertiary/aromatic N) is 2. The zero-order chi connectivity index (χ0) is 33.1. The summed E-state index contributed by atoms with van der Waals surface area (Å²) in [6.07, 6.45) is 14.5. The monoisotopic (exact) mass is 618 g/mol. The molecule has 0 saturated carbocycles. The predicted octanol–water partition coefficient (Wildman–Crippen LogP) is 3.97. The highest BCUT2D eigenvalue weighted by Crippen LogP contribution is 2.52. The van der Waals surface area contributed by atoms with Gasteiger partial charge in [-0.05, 0) is 86.3 Å².